The van der Waals surface area contributed by atoms with Gasteiger partial charge in [0.1, 0.15) is 0 Å². The third-order valence-corrected chi connectivity index (χ3v) is 4.81. The lowest BCUT2D eigenvalue weighted by atomic mass is 10.0. The average Bonchev–Trinajstić information content (AvgIpc) is 2.64. The molecule has 106 valence electrons. The molecule has 0 radical (unpaired) electrons. The Bertz CT molecular complexity index is 386. The van der Waals surface area contributed by atoms with Gasteiger partial charge in [-0.3, -0.25) is 4.79 Å². The predicted octanol–water partition coefficient (Wildman–Crippen LogP) is 0.116. The molecular formula is C11H21NO5S. The fourth-order valence-electron chi connectivity index (χ4n) is 2.17. The summed E-state index contributed by atoms with van der Waals surface area (Å²) in [5, 5.41) is 10.1. The van der Waals surface area contributed by atoms with Crippen molar-refractivity contribution < 1.29 is 23.1 Å². The van der Waals surface area contributed by atoms with Crippen LogP contribution in [0.4, 0.5) is 0 Å². The lowest BCUT2D eigenvalue weighted by molar-refractivity contribution is -0.140. The first kappa shape index (κ1) is 15.4. The highest BCUT2D eigenvalue weighted by Gasteiger charge is 2.35. The summed E-state index contributed by atoms with van der Waals surface area (Å²) in [7, 11) is -2.33. The van der Waals surface area contributed by atoms with E-state index in [0.717, 1.165) is 17.1 Å². The molecule has 1 N–H and O–H groups in total. The van der Waals surface area contributed by atoms with Gasteiger partial charge >= 0.3 is 5.97 Å². The average molecular weight is 279 g/mol. The molecule has 0 aliphatic heterocycles. The minimum absolute atomic E-state index is 0.0364. The first-order chi connectivity index (χ1) is 8.29. The Kier molecular flexibility index (Phi) is 5.12. The smallest absolute Gasteiger partial charge is 0.322 e. The van der Waals surface area contributed by atoms with Gasteiger partial charge in [-0.1, -0.05) is 12.8 Å². The largest absolute Gasteiger partial charge is 0.465 e. The second kappa shape index (κ2) is 5.99. The predicted molar refractivity (Wildman–Crippen MR) is 66.5 cm³/mol. The van der Waals surface area contributed by atoms with Gasteiger partial charge in [0.25, 0.3) is 0 Å². The van der Waals surface area contributed by atoms with Gasteiger partial charge < -0.3 is 9.84 Å². The van der Waals surface area contributed by atoms with Crippen LogP contribution in [0.2, 0.25) is 0 Å². The monoisotopic (exact) mass is 279 g/mol. The normalized spacial score (nSPS) is 19.1. The van der Waals surface area contributed by atoms with Crippen molar-refractivity contribution in [2.24, 2.45) is 0 Å². The van der Waals surface area contributed by atoms with Crippen molar-refractivity contribution in [1.29, 1.82) is 0 Å². The molecule has 0 atom stereocenters. The SMILES string of the molecule is CCOC(=O)CS(=O)(=O)N(C)CC1(O)CCCC1. The summed E-state index contributed by atoms with van der Waals surface area (Å²) in [5.41, 5.74) is -0.948. The summed E-state index contributed by atoms with van der Waals surface area (Å²) >= 11 is 0. The third kappa shape index (κ3) is 4.22. The number of hydrogen-bond donors (Lipinski definition) is 1. The van der Waals surface area contributed by atoms with Gasteiger partial charge in [-0.15, -0.1) is 0 Å². The minimum Gasteiger partial charge on any atom is -0.465 e. The second-order valence-corrected chi connectivity index (χ2v) is 6.82. The van der Waals surface area contributed by atoms with Crippen molar-refractivity contribution in [3.05, 3.63) is 0 Å². The molecule has 0 spiro atoms. The molecule has 1 aliphatic rings. The summed E-state index contributed by atoms with van der Waals surface area (Å²) in [6.45, 7) is 1.81. The molecule has 0 unspecified atom stereocenters. The zero-order valence-electron chi connectivity index (χ0n) is 10.9. The Morgan fingerprint density at radius 2 is 1.94 bits per heavy atom. The first-order valence-electron chi connectivity index (χ1n) is 6.11. The molecule has 18 heavy (non-hydrogen) atoms. The van der Waals surface area contributed by atoms with E-state index in [9.17, 15) is 18.3 Å². The number of esters is 1. The number of hydrogen-bond acceptors (Lipinski definition) is 5. The molecule has 1 rings (SSSR count). The van der Waals surface area contributed by atoms with E-state index in [0.29, 0.717) is 12.8 Å². The van der Waals surface area contributed by atoms with E-state index in [1.807, 2.05) is 0 Å². The maximum atomic E-state index is 11.9. The number of sulfonamides is 1. The van der Waals surface area contributed by atoms with Gasteiger partial charge in [0.05, 0.1) is 12.2 Å². The van der Waals surface area contributed by atoms with Gasteiger partial charge in [0.2, 0.25) is 10.0 Å². The minimum atomic E-state index is -3.71. The molecule has 1 aliphatic carbocycles. The quantitative estimate of drug-likeness (QED) is 0.698. The van der Waals surface area contributed by atoms with Crippen LogP contribution in [0, 0.1) is 0 Å². The van der Waals surface area contributed by atoms with Gasteiger partial charge in [-0.2, -0.15) is 0 Å². The Morgan fingerprint density at radius 3 is 2.44 bits per heavy atom. The van der Waals surface area contributed by atoms with E-state index in [4.69, 9.17) is 0 Å². The maximum Gasteiger partial charge on any atom is 0.322 e. The van der Waals surface area contributed by atoms with Crippen LogP contribution in [0.15, 0.2) is 0 Å². The van der Waals surface area contributed by atoms with Gasteiger partial charge in [-0.05, 0) is 19.8 Å². The zero-order chi connectivity index (χ0) is 13.8. The molecular weight excluding hydrogens is 258 g/mol. The summed E-state index contributed by atoms with van der Waals surface area (Å²) in [4.78, 5) is 11.2. The summed E-state index contributed by atoms with van der Waals surface area (Å²) in [6.07, 6.45) is 3.02. The number of ether oxygens (including phenoxy) is 1. The molecule has 1 fully saturated rings. The molecule has 1 saturated carbocycles. The topological polar surface area (TPSA) is 83.9 Å². The van der Waals surface area contributed by atoms with Crippen molar-refractivity contribution in [3.63, 3.8) is 0 Å². The van der Waals surface area contributed by atoms with Gasteiger partial charge in [-0.25, -0.2) is 12.7 Å². The van der Waals surface area contributed by atoms with Crippen LogP contribution in [0.5, 0.6) is 0 Å². The van der Waals surface area contributed by atoms with Crippen LogP contribution in [0.3, 0.4) is 0 Å². The number of carbonyl (C=O) groups excluding carboxylic acids is 1. The summed E-state index contributed by atoms with van der Waals surface area (Å²) in [5.74, 6) is -1.43. The third-order valence-electron chi connectivity index (χ3n) is 3.13. The van der Waals surface area contributed by atoms with E-state index >= 15 is 0 Å². The second-order valence-electron chi connectivity index (χ2n) is 4.75. The van der Waals surface area contributed by atoms with Crippen LogP contribution >= 0.6 is 0 Å². The maximum absolute atomic E-state index is 11.9. The molecule has 0 aromatic carbocycles. The number of aliphatic hydroxyl groups is 1. The molecule has 7 heteroatoms. The van der Waals surface area contributed by atoms with Crippen molar-refractivity contribution >= 4 is 16.0 Å². The Balaban J connectivity index is 2.58. The van der Waals surface area contributed by atoms with Crippen LogP contribution in [0.1, 0.15) is 32.6 Å². The number of rotatable bonds is 6. The van der Waals surface area contributed by atoms with Gasteiger partial charge in [0, 0.05) is 13.6 Å². The lowest BCUT2D eigenvalue weighted by Crippen LogP contribution is -2.43. The van der Waals surface area contributed by atoms with Crippen molar-refractivity contribution in [2.45, 2.75) is 38.2 Å². The van der Waals surface area contributed by atoms with Crippen LogP contribution < -0.4 is 0 Å². The summed E-state index contributed by atoms with van der Waals surface area (Å²) < 4.78 is 29.4. The van der Waals surface area contributed by atoms with Gasteiger partial charge in [0.15, 0.2) is 5.75 Å². The van der Waals surface area contributed by atoms with Crippen molar-refractivity contribution in [2.75, 3.05) is 26.0 Å². The molecule has 0 amide bonds. The number of carbonyl (C=O) groups is 1. The van der Waals surface area contributed by atoms with E-state index < -0.39 is 27.3 Å². The molecule has 0 heterocycles. The Morgan fingerprint density at radius 1 is 1.39 bits per heavy atom. The molecule has 0 aromatic heterocycles. The van der Waals surface area contributed by atoms with Crippen molar-refractivity contribution in [3.8, 4) is 0 Å². The van der Waals surface area contributed by atoms with E-state index in [1.165, 1.54) is 7.05 Å². The highest BCUT2D eigenvalue weighted by molar-refractivity contribution is 7.89. The van der Waals surface area contributed by atoms with E-state index in [-0.39, 0.29) is 13.2 Å². The zero-order valence-corrected chi connectivity index (χ0v) is 11.7. The summed E-state index contributed by atoms with van der Waals surface area (Å²) in [6, 6.07) is 0. The lowest BCUT2D eigenvalue weighted by Gasteiger charge is -2.27. The first-order valence-corrected chi connectivity index (χ1v) is 7.72. The highest BCUT2D eigenvalue weighted by Crippen LogP contribution is 2.30. The van der Waals surface area contributed by atoms with Crippen LogP contribution in [-0.2, 0) is 19.6 Å². The van der Waals surface area contributed by atoms with E-state index in [1.54, 1.807) is 6.92 Å². The fourth-order valence-corrected chi connectivity index (χ4v) is 3.20. The number of likely N-dealkylation sites (N-methyl/N-ethyl adjacent to an activating group) is 1. The molecule has 0 saturated heterocycles. The molecule has 0 aromatic rings. The standard InChI is InChI=1S/C11H21NO5S/c1-3-17-10(13)8-18(15,16)12(2)9-11(14)6-4-5-7-11/h14H,3-9H2,1-2H3. The Hall–Kier alpha value is -0.660. The Labute approximate surface area is 108 Å². The fraction of sp³-hybridized carbons (Fsp3) is 0.909. The van der Waals surface area contributed by atoms with Crippen LogP contribution in [0.25, 0.3) is 0 Å². The molecule has 0 bridgehead atoms. The number of nitrogens with zero attached hydrogens (tertiary/aromatic N) is 1. The van der Waals surface area contributed by atoms with Crippen LogP contribution in [-0.4, -0.2) is 55.4 Å². The molecule has 6 nitrogen and oxygen atoms in total. The van der Waals surface area contributed by atoms with E-state index in [2.05, 4.69) is 4.74 Å². The highest BCUT2D eigenvalue weighted by atomic mass is 32.2. The van der Waals surface area contributed by atoms with Crippen molar-refractivity contribution in [1.82, 2.24) is 4.31 Å².